The molecule has 1 aliphatic heterocycles. The second-order valence-electron chi connectivity index (χ2n) is 4.89. The van der Waals surface area contributed by atoms with Gasteiger partial charge in [0, 0.05) is 24.8 Å². The van der Waals surface area contributed by atoms with Crippen LogP contribution in [0.4, 0.5) is 5.69 Å². The van der Waals surface area contributed by atoms with Crippen molar-refractivity contribution in [3.63, 3.8) is 0 Å². The normalized spacial score (nSPS) is 20.5. The number of nitrogens with two attached hydrogens (primary N) is 1. The van der Waals surface area contributed by atoms with Crippen LogP contribution in [0.2, 0.25) is 0 Å². The maximum Gasteiger partial charge on any atom is 0.0399 e. The quantitative estimate of drug-likeness (QED) is 0.798. The SMILES string of the molecule is CC(C)CN1CC(N)Cc2ccccc21. The first-order chi connectivity index (χ1) is 7.16. The third-order valence-electron chi connectivity index (χ3n) is 2.85. The average Bonchev–Trinajstić information content (AvgIpc) is 2.16. The minimum atomic E-state index is 0.290. The van der Waals surface area contributed by atoms with Gasteiger partial charge < -0.3 is 10.6 Å². The highest BCUT2D eigenvalue weighted by molar-refractivity contribution is 5.56. The molecule has 15 heavy (non-hydrogen) atoms. The van der Waals surface area contributed by atoms with Crippen LogP contribution < -0.4 is 10.6 Å². The minimum Gasteiger partial charge on any atom is -0.369 e. The molecular weight excluding hydrogens is 184 g/mol. The molecule has 0 aliphatic carbocycles. The van der Waals surface area contributed by atoms with E-state index >= 15 is 0 Å². The Balaban J connectivity index is 2.26. The van der Waals surface area contributed by atoms with Crippen LogP contribution in [-0.2, 0) is 6.42 Å². The second-order valence-corrected chi connectivity index (χ2v) is 4.89. The van der Waals surface area contributed by atoms with Gasteiger partial charge in [-0.3, -0.25) is 0 Å². The molecule has 0 aromatic heterocycles. The molecule has 1 atom stereocenters. The van der Waals surface area contributed by atoms with E-state index in [2.05, 4.69) is 43.0 Å². The Morgan fingerprint density at radius 3 is 2.87 bits per heavy atom. The van der Waals surface area contributed by atoms with Gasteiger partial charge in [-0.05, 0) is 24.0 Å². The van der Waals surface area contributed by atoms with E-state index in [9.17, 15) is 0 Å². The van der Waals surface area contributed by atoms with E-state index < -0.39 is 0 Å². The molecule has 0 radical (unpaired) electrons. The molecule has 0 saturated heterocycles. The van der Waals surface area contributed by atoms with Crippen LogP contribution in [0.15, 0.2) is 24.3 Å². The topological polar surface area (TPSA) is 29.3 Å². The van der Waals surface area contributed by atoms with Gasteiger partial charge in [0.1, 0.15) is 0 Å². The van der Waals surface area contributed by atoms with Gasteiger partial charge in [-0.1, -0.05) is 32.0 Å². The maximum atomic E-state index is 6.07. The van der Waals surface area contributed by atoms with Crippen molar-refractivity contribution < 1.29 is 0 Å². The molecule has 1 aromatic rings. The lowest BCUT2D eigenvalue weighted by molar-refractivity contribution is 0.546. The predicted molar refractivity (Wildman–Crippen MR) is 65.2 cm³/mol. The van der Waals surface area contributed by atoms with Crippen LogP contribution in [0, 0.1) is 5.92 Å². The number of anilines is 1. The summed E-state index contributed by atoms with van der Waals surface area (Å²) in [7, 11) is 0. The van der Waals surface area contributed by atoms with Crippen LogP contribution in [0.5, 0.6) is 0 Å². The Morgan fingerprint density at radius 2 is 2.13 bits per heavy atom. The zero-order chi connectivity index (χ0) is 10.8. The zero-order valence-corrected chi connectivity index (χ0v) is 9.61. The summed E-state index contributed by atoms with van der Waals surface area (Å²) in [4.78, 5) is 2.42. The molecule has 0 fully saturated rings. The Bertz CT molecular complexity index is 333. The Hall–Kier alpha value is -1.02. The molecule has 2 nitrogen and oxygen atoms in total. The van der Waals surface area contributed by atoms with Crippen molar-refractivity contribution in [3.05, 3.63) is 29.8 Å². The number of nitrogens with zero attached hydrogens (tertiary/aromatic N) is 1. The Kier molecular flexibility index (Phi) is 2.96. The number of benzene rings is 1. The van der Waals surface area contributed by atoms with Crippen molar-refractivity contribution in [1.29, 1.82) is 0 Å². The first kappa shape index (κ1) is 10.5. The van der Waals surface area contributed by atoms with Crippen LogP contribution in [-0.4, -0.2) is 19.1 Å². The molecule has 2 N–H and O–H groups in total. The van der Waals surface area contributed by atoms with Gasteiger partial charge in [0.2, 0.25) is 0 Å². The fourth-order valence-corrected chi connectivity index (χ4v) is 2.33. The molecule has 2 heteroatoms. The van der Waals surface area contributed by atoms with Gasteiger partial charge >= 0.3 is 0 Å². The molecule has 0 bridgehead atoms. The molecule has 0 spiro atoms. The van der Waals surface area contributed by atoms with Crippen molar-refractivity contribution in [2.45, 2.75) is 26.3 Å². The number of rotatable bonds is 2. The summed E-state index contributed by atoms with van der Waals surface area (Å²) in [5.41, 5.74) is 8.86. The van der Waals surface area contributed by atoms with Gasteiger partial charge in [-0.25, -0.2) is 0 Å². The molecule has 1 unspecified atom stereocenters. The number of hydrogen-bond acceptors (Lipinski definition) is 2. The summed E-state index contributed by atoms with van der Waals surface area (Å²) < 4.78 is 0. The summed E-state index contributed by atoms with van der Waals surface area (Å²) in [5.74, 6) is 0.684. The average molecular weight is 204 g/mol. The van der Waals surface area contributed by atoms with Crippen molar-refractivity contribution >= 4 is 5.69 Å². The van der Waals surface area contributed by atoms with Gasteiger partial charge in [-0.2, -0.15) is 0 Å². The summed E-state index contributed by atoms with van der Waals surface area (Å²) in [5, 5.41) is 0. The first-order valence-electron chi connectivity index (χ1n) is 5.75. The van der Waals surface area contributed by atoms with Gasteiger partial charge in [0.15, 0.2) is 0 Å². The van der Waals surface area contributed by atoms with Crippen LogP contribution in [0.3, 0.4) is 0 Å². The highest BCUT2D eigenvalue weighted by atomic mass is 15.2. The Morgan fingerprint density at radius 1 is 1.40 bits per heavy atom. The fraction of sp³-hybridized carbons (Fsp3) is 0.538. The van der Waals surface area contributed by atoms with Crippen LogP contribution in [0.1, 0.15) is 19.4 Å². The van der Waals surface area contributed by atoms with E-state index in [1.54, 1.807) is 0 Å². The van der Waals surface area contributed by atoms with E-state index in [-0.39, 0.29) is 0 Å². The largest absolute Gasteiger partial charge is 0.369 e. The first-order valence-corrected chi connectivity index (χ1v) is 5.75. The number of para-hydroxylation sites is 1. The van der Waals surface area contributed by atoms with E-state index in [4.69, 9.17) is 5.73 Å². The lowest BCUT2D eigenvalue weighted by atomic mass is 9.97. The minimum absolute atomic E-state index is 0.290. The smallest absolute Gasteiger partial charge is 0.0399 e. The molecule has 1 heterocycles. The third kappa shape index (κ3) is 2.32. The molecule has 0 saturated carbocycles. The molecule has 2 rings (SSSR count). The molecular formula is C13H20N2. The van der Waals surface area contributed by atoms with Crippen molar-refractivity contribution in [3.8, 4) is 0 Å². The predicted octanol–water partition coefficient (Wildman–Crippen LogP) is 2.03. The van der Waals surface area contributed by atoms with E-state index in [1.807, 2.05) is 0 Å². The van der Waals surface area contributed by atoms with Gasteiger partial charge in [0.25, 0.3) is 0 Å². The van der Waals surface area contributed by atoms with Crippen molar-refractivity contribution in [2.75, 3.05) is 18.0 Å². The summed E-state index contributed by atoms with van der Waals surface area (Å²) in [6.07, 6.45) is 1.02. The standard InChI is InChI=1S/C13H20N2/c1-10(2)8-15-9-12(14)7-11-5-3-4-6-13(11)15/h3-6,10,12H,7-9,14H2,1-2H3. The van der Waals surface area contributed by atoms with Gasteiger partial charge in [-0.15, -0.1) is 0 Å². The third-order valence-corrected chi connectivity index (χ3v) is 2.85. The summed E-state index contributed by atoms with van der Waals surface area (Å²) in [6, 6.07) is 8.91. The van der Waals surface area contributed by atoms with Crippen LogP contribution in [0.25, 0.3) is 0 Å². The number of fused-ring (bicyclic) bond motifs is 1. The van der Waals surface area contributed by atoms with Crippen LogP contribution >= 0.6 is 0 Å². The summed E-state index contributed by atoms with van der Waals surface area (Å²) >= 11 is 0. The highest BCUT2D eigenvalue weighted by Crippen LogP contribution is 2.26. The second kappa shape index (κ2) is 4.23. The zero-order valence-electron chi connectivity index (χ0n) is 9.61. The summed E-state index contributed by atoms with van der Waals surface area (Å²) in [6.45, 7) is 6.60. The lowest BCUT2D eigenvalue weighted by Gasteiger charge is -2.35. The highest BCUT2D eigenvalue weighted by Gasteiger charge is 2.21. The molecule has 1 aromatic carbocycles. The van der Waals surface area contributed by atoms with E-state index in [1.165, 1.54) is 11.3 Å². The van der Waals surface area contributed by atoms with E-state index in [0.29, 0.717) is 12.0 Å². The van der Waals surface area contributed by atoms with Gasteiger partial charge in [0.05, 0.1) is 0 Å². The van der Waals surface area contributed by atoms with E-state index in [0.717, 1.165) is 19.5 Å². The molecule has 0 amide bonds. The lowest BCUT2D eigenvalue weighted by Crippen LogP contribution is -2.44. The number of hydrogen-bond donors (Lipinski definition) is 1. The van der Waals surface area contributed by atoms with Crippen molar-refractivity contribution in [1.82, 2.24) is 0 Å². The fourth-order valence-electron chi connectivity index (χ4n) is 2.33. The van der Waals surface area contributed by atoms with Crippen molar-refractivity contribution in [2.24, 2.45) is 11.7 Å². The molecule has 82 valence electrons. The maximum absolute atomic E-state index is 6.07. The molecule has 1 aliphatic rings. The monoisotopic (exact) mass is 204 g/mol. The Labute approximate surface area is 92.1 Å².